The van der Waals surface area contributed by atoms with Gasteiger partial charge < -0.3 is 5.73 Å². The zero-order valence-electron chi connectivity index (χ0n) is 10.9. The first-order valence-corrected chi connectivity index (χ1v) is 6.17. The number of rotatable bonds is 3. The maximum absolute atomic E-state index is 11.7. The van der Waals surface area contributed by atoms with Gasteiger partial charge in [-0.15, -0.1) is 0 Å². The standard InChI is InChI=1S/C16H15N3O.CH4/c17-16(18-14-9-5-2-6-10-14)19-15(20)12-11-13-7-3-1-4-8-13;/h1-12H,(H3,17,18,19,20);1H4/b12-11+;. The van der Waals surface area contributed by atoms with Crippen molar-refractivity contribution < 1.29 is 4.79 Å². The molecule has 0 bridgehead atoms. The Morgan fingerprint density at radius 3 is 2.19 bits per heavy atom. The van der Waals surface area contributed by atoms with E-state index >= 15 is 0 Å². The number of guanidine groups is 1. The fourth-order valence-corrected chi connectivity index (χ4v) is 1.57. The van der Waals surface area contributed by atoms with Gasteiger partial charge in [-0.05, 0) is 23.8 Å². The van der Waals surface area contributed by atoms with E-state index in [9.17, 15) is 4.79 Å². The van der Waals surface area contributed by atoms with Crippen LogP contribution < -0.4 is 11.1 Å². The molecule has 0 saturated heterocycles. The molecule has 0 atom stereocenters. The first-order chi connectivity index (χ1) is 9.74. The maximum atomic E-state index is 11.7. The average molecular weight is 281 g/mol. The average Bonchev–Trinajstić information content (AvgIpc) is 2.47. The van der Waals surface area contributed by atoms with Crippen molar-refractivity contribution in [1.82, 2.24) is 5.32 Å². The van der Waals surface area contributed by atoms with Gasteiger partial charge >= 0.3 is 0 Å². The molecule has 1 amide bonds. The fraction of sp³-hybridized carbons (Fsp3) is 0.0588. The number of nitrogens with one attached hydrogen (secondary N) is 1. The molecule has 0 spiro atoms. The van der Waals surface area contributed by atoms with Crippen molar-refractivity contribution in [3.05, 3.63) is 72.3 Å². The molecule has 0 saturated carbocycles. The molecule has 21 heavy (non-hydrogen) atoms. The van der Waals surface area contributed by atoms with Crippen LogP contribution in [0, 0.1) is 0 Å². The summed E-state index contributed by atoms with van der Waals surface area (Å²) in [5, 5.41) is 2.50. The summed E-state index contributed by atoms with van der Waals surface area (Å²) in [7, 11) is 0. The van der Waals surface area contributed by atoms with Crippen molar-refractivity contribution in [2.45, 2.75) is 7.43 Å². The number of hydrogen-bond acceptors (Lipinski definition) is 2. The first kappa shape index (κ1) is 16.2. The molecule has 0 heterocycles. The Labute approximate surface area is 125 Å². The van der Waals surface area contributed by atoms with Crippen molar-refractivity contribution >= 4 is 23.6 Å². The van der Waals surface area contributed by atoms with Gasteiger partial charge in [0.25, 0.3) is 5.91 Å². The number of carbonyl (C=O) groups is 1. The van der Waals surface area contributed by atoms with Crippen molar-refractivity contribution in [3.8, 4) is 0 Å². The summed E-state index contributed by atoms with van der Waals surface area (Å²) in [6.07, 6.45) is 3.13. The highest BCUT2D eigenvalue weighted by molar-refractivity contribution is 6.04. The number of hydrogen-bond donors (Lipinski definition) is 2. The van der Waals surface area contributed by atoms with Crippen LogP contribution in [0.5, 0.6) is 0 Å². The van der Waals surface area contributed by atoms with E-state index in [-0.39, 0.29) is 19.3 Å². The van der Waals surface area contributed by atoms with Crippen LogP contribution >= 0.6 is 0 Å². The number of amides is 1. The molecule has 2 rings (SSSR count). The molecule has 0 aromatic heterocycles. The van der Waals surface area contributed by atoms with Crippen LogP contribution in [-0.2, 0) is 4.79 Å². The normalized spacial score (nSPS) is 11.0. The number of nitrogens with two attached hydrogens (primary N) is 1. The lowest BCUT2D eigenvalue weighted by atomic mass is 10.2. The van der Waals surface area contributed by atoms with Gasteiger partial charge in [0, 0.05) is 6.08 Å². The summed E-state index contributed by atoms with van der Waals surface area (Å²) in [6.45, 7) is 0. The molecule has 3 N–H and O–H groups in total. The lowest BCUT2D eigenvalue weighted by Gasteiger charge is -2.01. The molecule has 0 aliphatic rings. The monoisotopic (exact) mass is 281 g/mol. The summed E-state index contributed by atoms with van der Waals surface area (Å²) in [4.78, 5) is 15.7. The van der Waals surface area contributed by atoms with E-state index in [0.29, 0.717) is 5.69 Å². The van der Waals surface area contributed by atoms with Gasteiger partial charge in [0.15, 0.2) is 0 Å². The largest absolute Gasteiger partial charge is 0.369 e. The SMILES string of the molecule is C.NC(=Nc1ccccc1)NC(=O)/C=C/c1ccccc1. The van der Waals surface area contributed by atoms with Crippen LogP contribution in [0.4, 0.5) is 5.69 Å². The zero-order chi connectivity index (χ0) is 14.2. The van der Waals surface area contributed by atoms with Gasteiger partial charge in [0.1, 0.15) is 0 Å². The predicted octanol–water partition coefficient (Wildman–Crippen LogP) is 3.10. The summed E-state index contributed by atoms with van der Waals surface area (Å²) < 4.78 is 0. The third-order valence-electron chi connectivity index (χ3n) is 2.48. The summed E-state index contributed by atoms with van der Waals surface area (Å²) in [5.74, 6) is -0.245. The van der Waals surface area contributed by atoms with E-state index < -0.39 is 0 Å². The van der Waals surface area contributed by atoms with Crippen LogP contribution in [0.2, 0.25) is 0 Å². The molecule has 0 aliphatic heterocycles. The third kappa shape index (κ3) is 5.74. The Kier molecular flexibility index (Phi) is 6.41. The van der Waals surface area contributed by atoms with Gasteiger partial charge in [-0.1, -0.05) is 56.0 Å². The topological polar surface area (TPSA) is 67.5 Å². The minimum atomic E-state index is -0.314. The van der Waals surface area contributed by atoms with Crippen LogP contribution in [0.1, 0.15) is 13.0 Å². The lowest BCUT2D eigenvalue weighted by Crippen LogP contribution is -2.35. The van der Waals surface area contributed by atoms with Crippen LogP contribution in [0.3, 0.4) is 0 Å². The molecule has 108 valence electrons. The summed E-state index contributed by atoms with van der Waals surface area (Å²) in [6, 6.07) is 18.7. The molecule has 2 aromatic carbocycles. The lowest BCUT2D eigenvalue weighted by molar-refractivity contribution is -0.115. The number of aliphatic imine (C=N–C) groups is 1. The van der Waals surface area contributed by atoms with E-state index in [0.717, 1.165) is 5.56 Å². The second-order valence-corrected chi connectivity index (χ2v) is 4.07. The van der Waals surface area contributed by atoms with Crippen molar-refractivity contribution in [3.63, 3.8) is 0 Å². The number of carbonyl (C=O) groups excluding carboxylic acids is 1. The summed E-state index contributed by atoms with van der Waals surface area (Å²) in [5.41, 5.74) is 7.30. The minimum Gasteiger partial charge on any atom is -0.369 e. The van der Waals surface area contributed by atoms with Crippen LogP contribution in [-0.4, -0.2) is 11.9 Å². The third-order valence-corrected chi connectivity index (χ3v) is 2.48. The van der Waals surface area contributed by atoms with Crippen LogP contribution in [0.25, 0.3) is 6.08 Å². The Hall–Kier alpha value is -2.88. The molecule has 0 aliphatic carbocycles. The zero-order valence-corrected chi connectivity index (χ0v) is 10.9. The fourth-order valence-electron chi connectivity index (χ4n) is 1.57. The molecule has 2 aromatic rings. The van der Waals surface area contributed by atoms with Crippen molar-refractivity contribution in [2.24, 2.45) is 10.7 Å². The summed E-state index contributed by atoms with van der Waals surface area (Å²) >= 11 is 0. The quantitative estimate of drug-likeness (QED) is 0.515. The highest BCUT2D eigenvalue weighted by atomic mass is 16.1. The Bertz CT molecular complexity index is 619. The van der Waals surface area contributed by atoms with E-state index in [1.807, 2.05) is 48.5 Å². The van der Waals surface area contributed by atoms with E-state index in [1.165, 1.54) is 6.08 Å². The highest BCUT2D eigenvalue weighted by Gasteiger charge is 1.98. The van der Waals surface area contributed by atoms with E-state index in [4.69, 9.17) is 5.73 Å². The Morgan fingerprint density at radius 2 is 1.57 bits per heavy atom. The Balaban J connectivity index is 0.00000220. The number of benzene rings is 2. The van der Waals surface area contributed by atoms with Crippen molar-refractivity contribution in [2.75, 3.05) is 0 Å². The molecular formula is C17H19N3O. The minimum absolute atomic E-state index is 0. The van der Waals surface area contributed by atoms with Gasteiger partial charge in [0.2, 0.25) is 5.96 Å². The van der Waals surface area contributed by atoms with E-state index in [1.54, 1.807) is 18.2 Å². The predicted molar refractivity (Wildman–Crippen MR) is 88.1 cm³/mol. The number of para-hydroxylation sites is 1. The molecule has 0 radical (unpaired) electrons. The van der Waals surface area contributed by atoms with Gasteiger partial charge in [-0.25, -0.2) is 4.99 Å². The van der Waals surface area contributed by atoms with Gasteiger partial charge in [-0.3, -0.25) is 10.1 Å². The Morgan fingerprint density at radius 1 is 1.00 bits per heavy atom. The molecule has 0 unspecified atom stereocenters. The van der Waals surface area contributed by atoms with Gasteiger partial charge in [-0.2, -0.15) is 0 Å². The second kappa shape index (κ2) is 8.32. The molecule has 0 fully saturated rings. The first-order valence-electron chi connectivity index (χ1n) is 6.17. The van der Waals surface area contributed by atoms with Crippen LogP contribution in [0.15, 0.2) is 71.7 Å². The maximum Gasteiger partial charge on any atom is 0.250 e. The van der Waals surface area contributed by atoms with Crippen molar-refractivity contribution in [1.29, 1.82) is 0 Å². The molecular weight excluding hydrogens is 262 g/mol. The molecule has 4 heteroatoms. The van der Waals surface area contributed by atoms with E-state index in [2.05, 4.69) is 10.3 Å². The number of nitrogens with zero attached hydrogens (tertiary/aromatic N) is 1. The smallest absolute Gasteiger partial charge is 0.250 e. The second-order valence-electron chi connectivity index (χ2n) is 4.07. The highest BCUT2D eigenvalue weighted by Crippen LogP contribution is 2.08. The van der Waals surface area contributed by atoms with Gasteiger partial charge in [0.05, 0.1) is 5.69 Å². The molecule has 4 nitrogen and oxygen atoms in total.